The van der Waals surface area contributed by atoms with Crippen molar-refractivity contribution in [1.82, 2.24) is 0 Å². The maximum Gasteiger partial charge on any atom is -0.0233 e. The standard InChI is InChI=1S/C23H40/c1-3-5-9-21-16-18-23(19-17-21)11-7-6-10-22-14-12-20(8-4-2)13-15-22/h3,6,10,20-23H,1,4-5,7-9,11-19H2,2H3. The molecule has 0 radical (unpaired) electrons. The first-order valence-electron chi connectivity index (χ1n) is 10.6. The summed E-state index contributed by atoms with van der Waals surface area (Å²) in [4.78, 5) is 0. The lowest BCUT2D eigenvalue weighted by Crippen LogP contribution is -2.14. The Kier molecular flexibility index (Phi) is 9.09. The predicted octanol–water partition coefficient (Wildman–Crippen LogP) is 7.70. The molecule has 0 heteroatoms. The summed E-state index contributed by atoms with van der Waals surface area (Å²) in [6.07, 6.45) is 27.2. The van der Waals surface area contributed by atoms with Crippen LogP contribution in [0.3, 0.4) is 0 Å². The van der Waals surface area contributed by atoms with Crippen LogP contribution in [-0.2, 0) is 0 Å². The van der Waals surface area contributed by atoms with Crippen LogP contribution in [0.1, 0.15) is 96.8 Å². The van der Waals surface area contributed by atoms with Gasteiger partial charge in [0.15, 0.2) is 0 Å². The van der Waals surface area contributed by atoms with Crippen molar-refractivity contribution < 1.29 is 0 Å². The van der Waals surface area contributed by atoms with E-state index < -0.39 is 0 Å². The summed E-state index contributed by atoms with van der Waals surface area (Å²) in [7, 11) is 0. The molecule has 2 saturated carbocycles. The van der Waals surface area contributed by atoms with Crippen LogP contribution in [0, 0.1) is 23.7 Å². The molecule has 0 aromatic rings. The van der Waals surface area contributed by atoms with Crippen LogP contribution in [-0.4, -0.2) is 0 Å². The highest BCUT2D eigenvalue weighted by atomic mass is 14.3. The maximum atomic E-state index is 3.85. The Bertz CT molecular complexity index is 324. The van der Waals surface area contributed by atoms with Gasteiger partial charge in [-0.05, 0) is 75.0 Å². The molecule has 2 rings (SSSR count). The van der Waals surface area contributed by atoms with Crippen molar-refractivity contribution in [2.75, 3.05) is 0 Å². The van der Waals surface area contributed by atoms with Crippen LogP contribution in [0.15, 0.2) is 24.8 Å². The average Bonchev–Trinajstić information content (AvgIpc) is 2.59. The molecule has 0 nitrogen and oxygen atoms in total. The van der Waals surface area contributed by atoms with E-state index in [2.05, 4.69) is 31.7 Å². The molecule has 23 heavy (non-hydrogen) atoms. The average molecular weight is 317 g/mol. The second-order valence-electron chi connectivity index (χ2n) is 8.33. The third-order valence-corrected chi connectivity index (χ3v) is 6.48. The number of rotatable bonds is 9. The van der Waals surface area contributed by atoms with E-state index in [1.54, 1.807) is 0 Å². The Morgan fingerprint density at radius 2 is 1.26 bits per heavy atom. The maximum absolute atomic E-state index is 3.85. The largest absolute Gasteiger partial charge is 0.103 e. The lowest BCUT2D eigenvalue weighted by molar-refractivity contribution is 0.255. The van der Waals surface area contributed by atoms with Gasteiger partial charge in [-0.15, -0.1) is 6.58 Å². The minimum atomic E-state index is 0.901. The van der Waals surface area contributed by atoms with E-state index >= 15 is 0 Å². The monoisotopic (exact) mass is 316 g/mol. The minimum Gasteiger partial charge on any atom is -0.103 e. The van der Waals surface area contributed by atoms with Crippen molar-refractivity contribution in [2.45, 2.75) is 96.8 Å². The topological polar surface area (TPSA) is 0 Å². The summed E-state index contributed by atoms with van der Waals surface area (Å²) in [5.41, 5.74) is 0. The lowest BCUT2D eigenvalue weighted by atomic mass is 9.78. The summed E-state index contributed by atoms with van der Waals surface area (Å²) in [6, 6.07) is 0. The Morgan fingerprint density at radius 1 is 0.739 bits per heavy atom. The molecule has 0 atom stereocenters. The summed E-state index contributed by atoms with van der Waals surface area (Å²) in [5.74, 6) is 3.96. The van der Waals surface area contributed by atoms with E-state index in [1.165, 1.54) is 89.9 Å². The summed E-state index contributed by atoms with van der Waals surface area (Å²) in [5, 5.41) is 0. The molecule has 0 aliphatic heterocycles. The third-order valence-electron chi connectivity index (χ3n) is 6.48. The van der Waals surface area contributed by atoms with Gasteiger partial charge in [0.25, 0.3) is 0 Å². The summed E-state index contributed by atoms with van der Waals surface area (Å²) in [6.45, 7) is 6.19. The van der Waals surface area contributed by atoms with Crippen molar-refractivity contribution in [1.29, 1.82) is 0 Å². The molecular weight excluding hydrogens is 276 g/mol. The molecule has 0 aromatic carbocycles. The second kappa shape index (κ2) is 11.1. The fourth-order valence-corrected chi connectivity index (χ4v) is 4.86. The molecule has 0 heterocycles. The molecule has 0 bridgehead atoms. The Hall–Kier alpha value is -0.520. The summed E-state index contributed by atoms with van der Waals surface area (Å²) < 4.78 is 0. The fraction of sp³-hybridized carbons (Fsp3) is 0.826. The van der Waals surface area contributed by atoms with Crippen LogP contribution in [0.4, 0.5) is 0 Å². The molecule has 0 aromatic heterocycles. The van der Waals surface area contributed by atoms with Crippen molar-refractivity contribution >= 4 is 0 Å². The molecule has 0 unspecified atom stereocenters. The van der Waals surface area contributed by atoms with Crippen molar-refractivity contribution in [2.24, 2.45) is 23.7 Å². The van der Waals surface area contributed by atoms with Crippen LogP contribution >= 0.6 is 0 Å². The smallest absolute Gasteiger partial charge is 0.0233 e. The normalized spacial score (nSPS) is 32.2. The van der Waals surface area contributed by atoms with Gasteiger partial charge in [0.05, 0.1) is 0 Å². The molecule has 2 aliphatic rings. The molecule has 0 N–H and O–H groups in total. The first-order valence-corrected chi connectivity index (χ1v) is 10.6. The SMILES string of the molecule is C=CCCC1CCC(CCC=CC2CCC(CCC)CC2)CC1. The fourth-order valence-electron chi connectivity index (χ4n) is 4.86. The van der Waals surface area contributed by atoms with Gasteiger partial charge in [0.2, 0.25) is 0 Å². The van der Waals surface area contributed by atoms with Crippen LogP contribution in [0.2, 0.25) is 0 Å². The predicted molar refractivity (Wildman–Crippen MR) is 104 cm³/mol. The molecular formula is C23H40. The lowest BCUT2D eigenvalue weighted by Gasteiger charge is -2.28. The van der Waals surface area contributed by atoms with E-state index in [4.69, 9.17) is 0 Å². The molecule has 0 saturated heterocycles. The highest BCUT2D eigenvalue weighted by Gasteiger charge is 2.20. The van der Waals surface area contributed by atoms with Gasteiger partial charge in [0.1, 0.15) is 0 Å². The Morgan fingerprint density at radius 3 is 1.83 bits per heavy atom. The highest BCUT2D eigenvalue weighted by molar-refractivity contribution is 4.91. The molecule has 132 valence electrons. The van der Waals surface area contributed by atoms with Gasteiger partial charge in [0, 0.05) is 0 Å². The molecule has 2 aliphatic carbocycles. The first kappa shape index (κ1) is 18.8. The van der Waals surface area contributed by atoms with E-state index in [9.17, 15) is 0 Å². The number of allylic oxidation sites excluding steroid dienone is 3. The van der Waals surface area contributed by atoms with E-state index in [0.29, 0.717) is 0 Å². The van der Waals surface area contributed by atoms with E-state index in [-0.39, 0.29) is 0 Å². The van der Waals surface area contributed by atoms with Gasteiger partial charge in [-0.1, -0.05) is 63.7 Å². The zero-order chi connectivity index (χ0) is 16.3. The zero-order valence-electron chi connectivity index (χ0n) is 15.6. The van der Waals surface area contributed by atoms with E-state index in [1.807, 2.05) is 0 Å². The van der Waals surface area contributed by atoms with Gasteiger partial charge in [-0.2, -0.15) is 0 Å². The zero-order valence-corrected chi connectivity index (χ0v) is 15.6. The minimum absolute atomic E-state index is 0.901. The van der Waals surface area contributed by atoms with Crippen LogP contribution < -0.4 is 0 Å². The Balaban J connectivity index is 1.53. The highest BCUT2D eigenvalue weighted by Crippen LogP contribution is 2.35. The number of hydrogen-bond acceptors (Lipinski definition) is 0. The quantitative estimate of drug-likeness (QED) is 0.382. The van der Waals surface area contributed by atoms with Crippen LogP contribution in [0.25, 0.3) is 0 Å². The third kappa shape index (κ3) is 7.27. The summed E-state index contributed by atoms with van der Waals surface area (Å²) >= 11 is 0. The van der Waals surface area contributed by atoms with Gasteiger partial charge in [-0.25, -0.2) is 0 Å². The van der Waals surface area contributed by atoms with Crippen molar-refractivity contribution in [3.63, 3.8) is 0 Å². The number of hydrogen-bond donors (Lipinski definition) is 0. The molecule has 0 amide bonds. The van der Waals surface area contributed by atoms with E-state index in [0.717, 1.165) is 23.7 Å². The Labute approximate surface area is 145 Å². The first-order chi connectivity index (χ1) is 11.3. The van der Waals surface area contributed by atoms with Crippen molar-refractivity contribution in [3.05, 3.63) is 24.8 Å². The van der Waals surface area contributed by atoms with Gasteiger partial charge in [-0.3, -0.25) is 0 Å². The van der Waals surface area contributed by atoms with Gasteiger partial charge < -0.3 is 0 Å². The van der Waals surface area contributed by atoms with Gasteiger partial charge >= 0.3 is 0 Å². The van der Waals surface area contributed by atoms with Crippen molar-refractivity contribution in [3.8, 4) is 0 Å². The second-order valence-corrected chi connectivity index (χ2v) is 8.33. The molecule has 2 fully saturated rings. The van der Waals surface area contributed by atoms with Crippen LogP contribution in [0.5, 0.6) is 0 Å². The molecule has 0 spiro atoms.